The van der Waals surface area contributed by atoms with E-state index in [1.54, 1.807) is 0 Å². The minimum Gasteiger partial charge on any atom is -0.486 e. The molecule has 0 saturated carbocycles. The van der Waals surface area contributed by atoms with Crippen LogP contribution >= 0.6 is 11.3 Å². The van der Waals surface area contributed by atoms with Crippen molar-refractivity contribution in [3.05, 3.63) is 29.3 Å². The molecule has 0 aliphatic heterocycles. The topological polar surface area (TPSA) is 64.3 Å². The van der Waals surface area contributed by atoms with Gasteiger partial charge >= 0.3 is 0 Å². The summed E-state index contributed by atoms with van der Waals surface area (Å²) in [4.78, 5) is 2.02. The van der Waals surface area contributed by atoms with Crippen LogP contribution in [0.3, 0.4) is 0 Å². The Labute approximate surface area is 104 Å². The van der Waals surface area contributed by atoms with Gasteiger partial charge in [-0.1, -0.05) is 17.4 Å². The number of nitrogens with zero attached hydrogens (tertiary/aromatic N) is 3. The van der Waals surface area contributed by atoms with Gasteiger partial charge in [0.1, 0.15) is 12.4 Å². The molecule has 0 aliphatic rings. The zero-order chi connectivity index (χ0) is 12.3. The molecule has 2 rings (SSSR count). The molecule has 1 aromatic heterocycles. The Kier molecular flexibility index (Phi) is 3.43. The summed E-state index contributed by atoms with van der Waals surface area (Å²) >= 11 is 1.34. The predicted molar refractivity (Wildman–Crippen MR) is 69.4 cm³/mol. The molecule has 0 spiro atoms. The lowest BCUT2D eigenvalue weighted by Gasteiger charge is -2.13. The molecular weight excluding hydrogens is 236 g/mol. The molecule has 1 aromatic carbocycles. The van der Waals surface area contributed by atoms with E-state index in [0.717, 1.165) is 16.4 Å². The van der Waals surface area contributed by atoms with Crippen LogP contribution in [0.4, 0.5) is 10.8 Å². The van der Waals surface area contributed by atoms with Gasteiger partial charge in [-0.3, -0.25) is 0 Å². The van der Waals surface area contributed by atoms with Gasteiger partial charge in [-0.05, 0) is 12.1 Å². The van der Waals surface area contributed by atoms with Gasteiger partial charge in [0.2, 0.25) is 5.13 Å². The van der Waals surface area contributed by atoms with E-state index in [-0.39, 0.29) is 0 Å². The van der Waals surface area contributed by atoms with Crippen LogP contribution in [0.25, 0.3) is 0 Å². The Morgan fingerprint density at radius 2 is 2.18 bits per heavy atom. The number of aromatic nitrogens is 2. The molecule has 2 aromatic rings. The van der Waals surface area contributed by atoms with Crippen molar-refractivity contribution in [3.63, 3.8) is 0 Å². The van der Waals surface area contributed by atoms with Crippen molar-refractivity contribution < 1.29 is 4.74 Å². The fourth-order valence-electron chi connectivity index (χ4n) is 1.32. The Morgan fingerprint density at radius 3 is 2.82 bits per heavy atom. The second-order valence-corrected chi connectivity index (χ2v) is 4.81. The van der Waals surface area contributed by atoms with E-state index in [0.29, 0.717) is 11.7 Å². The molecule has 0 amide bonds. The van der Waals surface area contributed by atoms with Gasteiger partial charge in [-0.15, -0.1) is 10.2 Å². The zero-order valence-electron chi connectivity index (χ0n) is 9.75. The van der Waals surface area contributed by atoms with Crippen LogP contribution in [0.15, 0.2) is 24.3 Å². The molecule has 0 saturated heterocycles. The Balaban J connectivity index is 2.01. The molecule has 90 valence electrons. The molecule has 0 bridgehead atoms. The van der Waals surface area contributed by atoms with Gasteiger partial charge in [0.15, 0.2) is 5.01 Å². The average molecular weight is 250 g/mol. The van der Waals surface area contributed by atoms with Gasteiger partial charge in [0, 0.05) is 25.8 Å². The molecule has 6 heteroatoms. The van der Waals surface area contributed by atoms with Gasteiger partial charge in [-0.2, -0.15) is 0 Å². The summed E-state index contributed by atoms with van der Waals surface area (Å²) in [6.07, 6.45) is 0. The maximum absolute atomic E-state index is 5.62. The minimum absolute atomic E-state index is 0.395. The fourth-order valence-corrected chi connectivity index (χ4v) is 1.84. The summed E-state index contributed by atoms with van der Waals surface area (Å²) in [5.74, 6) is 0.810. The first kappa shape index (κ1) is 11.7. The maximum atomic E-state index is 5.62. The van der Waals surface area contributed by atoms with Crippen molar-refractivity contribution in [2.24, 2.45) is 0 Å². The first-order valence-electron chi connectivity index (χ1n) is 5.13. The summed E-state index contributed by atoms with van der Waals surface area (Å²) in [6.45, 7) is 0.395. The highest BCUT2D eigenvalue weighted by Crippen LogP contribution is 2.21. The monoisotopic (exact) mass is 250 g/mol. The number of hydrogen-bond donors (Lipinski definition) is 1. The van der Waals surface area contributed by atoms with E-state index >= 15 is 0 Å². The molecule has 0 radical (unpaired) electrons. The van der Waals surface area contributed by atoms with Gasteiger partial charge in [-0.25, -0.2) is 0 Å². The molecule has 2 N–H and O–H groups in total. The second kappa shape index (κ2) is 5.01. The highest BCUT2D eigenvalue weighted by molar-refractivity contribution is 7.15. The molecular formula is C11H14N4OS. The van der Waals surface area contributed by atoms with Crippen LogP contribution in [-0.4, -0.2) is 24.3 Å². The molecule has 1 heterocycles. The first-order chi connectivity index (χ1) is 8.15. The molecule has 0 unspecified atom stereocenters. The zero-order valence-corrected chi connectivity index (χ0v) is 10.6. The van der Waals surface area contributed by atoms with Crippen molar-refractivity contribution in [2.45, 2.75) is 6.61 Å². The van der Waals surface area contributed by atoms with Crippen molar-refractivity contribution >= 4 is 22.2 Å². The third-order valence-electron chi connectivity index (χ3n) is 2.18. The first-order valence-corrected chi connectivity index (χ1v) is 5.95. The van der Waals surface area contributed by atoms with E-state index in [2.05, 4.69) is 10.2 Å². The predicted octanol–water partition coefficient (Wildman–Crippen LogP) is 1.77. The third-order valence-corrected chi connectivity index (χ3v) is 2.90. The number of rotatable bonds is 4. The van der Waals surface area contributed by atoms with Crippen LogP contribution in [0, 0.1) is 0 Å². The van der Waals surface area contributed by atoms with Crippen LogP contribution < -0.4 is 15.4 Å². The second-order valence-electron chi connectivity index (χ2n) is 3.71. The lowest BCUT2D eigenvalue weighted by Crippen LogP contribution is -2.08. The number of benzene rings is 1. The van der Waals surface area contributed by atoms with Crippen LogP contribution in [0.1, 0.15) is 5.01 Å². The average Bonchev–Trinajstić information content (AvgIpc) is 2.73. The smallest absolute Gasteiger partial charge is 0.203 e. The molecule has 17 heavy (non-hydrogen) atoms. The Bertz CT molecular complexity index is 498. The van der Waals surface area contributed by atoms with Gasteiger partial charge in [0.25, 0.3) is 0 Å². The van der Waals surface area contributed by atoms with Gasteiger partial charge < -0.3 is 15.4 Å². The molecule has 5 nitrogen and oxygen atoms in total. The highest BCUT2D eigenvalue weighted by Gasteiger charge is 2.03. The summed E-state index contributed by atoms with van der Waals surface area (Å²) < 4.78 is 5.62. The maximum Gasteiger partial charge on any atom is 0.203 e. The van der Waals surface area contributed by atoms with Gasteiger partial charge in [0.05, 0.1) is 0 Å². The molecule has 0 atom stereocenters. The SMILES string of the molecule is CN(C)c1cccc(OCc2nnc(N)s2)c1. The normalized spacial score (nSPS) is 10.2. The van der Waals surface area contributed by atoms with E-state index in [1.165, 1.54) is 11.3 Å². The van der Waals surface area contributed by atoms with Crippen molar-refractivity contribution in [3.8, 4) is 5.75 Å². The lowest BCUT2D eigenvalue weighted by molar-refractivity contribution is 0.304. The summed E-state index contributed by atoms with van der Waals surface area (Å²) in [6, 6.07) is 7.87. The van der Waals surface area contributed by atoms with Crippen molar-refractivity contribution in [1.29, 1.82) is 0 Å². The van der Waals surface area contributed by atoms with E-state index < -0.39 is 0 Å². The van der Waals surface area contributed by atoms with Crippen LogP contribution in [0.5, 0.6) is 5.75 Å². The van der Waals surface area contributed by atoms with Crippen LogP contribution in [0.2, 0.25) is 0 Å². The van der Waals surface area contributed by atoms with Crippen molar-refractivity contribution in [2.75, 3.05) is 24.7 Å². The highest BCUT2D eigenvalue weighted by atomic mass is 32.1. The largest absolute Gasteiger partial charge is 0.486 e. The fraction of sp³-hybridized carbons (Fsp3) is 0.273. The third kappa shape index (κ3) is 3.07. The van der Waals surface area contributed by atoms with E-state index in [9.17, 15) is 0 Å². The number of ether oxygens (including phenoxy) is 1. The molecule has 0 aliphatic carbocycles. The summed E-state index contributed by atoms with van der Waals surface area (Å²) in [5.41, 5.74) is 6.59. The van der Waals surface area contributed by atoms with Crippen molar-refractivity contribution in [1.82, 2.24) is 10.2 Å². The summed E-state index contributed by atoms with van der Waals surface area (Å²) in [7, 11) is 3.98. The Hall–Kier alpha value is -1.82. The van der Waals surface area contributed by atoms with Crippen LogP contribution in [-0.2, 0) is 6.61 Å². The number of nitrogen functional groups attached to an aromatic ring is 1. The number of anilines is 2. The van der Waals surface area contributed by atoms with E-state index in [4.69, 9.17) is 10.5 Å². The number of hydrogen-bond acceptors (Lipinski definition) is 6. The number of nitrogens with two attached hydrogens (primary N) is 1. The quantitative estimate of drug-likeness (QED) is 0.895. The molecule has 0 fully saturated rings. The lowest BCUT2D eigenvalue weighted by atomic mass is 10.3. The summed E-state index contributed by atoms with van der Waals surface area (Å²) in [5, 5.41) is 8.87. The standard InChI is InChI=1S/C11H14N4OS/c1-15(2)8-4-3-5-9(6-8)16-7-10-13-14-11(12)17-10/h3-6H,7H2,1-2H3,(H2,12,14). The Morgan fingerprint density at radius 1 is 1.35 bits per heavy atom. The van der Waals surface area contributed by atoms with E-state index in [1.807, 2.05) is 43.3 Å². The minimum atomic E-state index is 0.395.